The fourth-order valence-electron chi connectivity index (χ4n) is 2.63. The van der Waals surface area contributed by atoms with Gasteiger partial charge in [-0.3, -0.25) is 4.98 Å². The molecule has 0 radical (unpaired) electrons. The van der Waals surface area contributed by atoms with Crippen molar-refractivity contribution in [3.63, 3.8) is 0 Å². The van der Waals surface area contributed by atoms with Crippen LogP contribution in [-0.2, 0) is 5.54 Å². The Morgan fingerprint density at radius 2 is 2.05 bits per heavy atom. The summed E-state index contributed by atoms with van der Waals surface area (Å²) in [6.07, 6.45) is 7.12. The maximum Gasteiger partial charge on any atom is 0.258 e. The van der Waals surface area contributed by atoms with Crippen molar-refractivity contribution < 1.29 is 4.52 Å². The molecule has 19 heavy (non-hydrogen) atoms. The van der Waals surface area contributed by atoms with Crippen molar-refractivity contribution in [2.45, 2.75) is 44.6 Å². The predicted molar refractivity (Wildman–Crippen MR) is 71.2 cm³/mol. The van der Waals surface area contributed by atoms with Crippen LogP contribution in [-0.4, -0.2) is 15.1 Å². The Morgan fingerprint density at radius 3 is 2.79 bits per heavy atom. The first-order chi connectivity index (χ1) is 9.17. The average molecular weight is 258 g/mol. The van der Waals surface area contributed by atoms with E-state index in [0.29, 0.717) is 11.7 Å². The number of nitrogens with two attached hydrogens (primary N) is 1. The van der Waals surface area contributed by atoms with E-state index < -0.39 is 5.54 Å². The van der Waals surface area contributed by atoms with Crippen molar-refractivity contribution in [2.24, 2.45) is 5.73 Å². The van der Waals surface area contributed by atoms with Crippen molar-refractivity contribution >= 4 is 0 Å². The van der Waals surface area contributed by atoms with Gasteiger partial charge in [0.15, 0.2) is 5.82 Å². The minimum Gasteiger partial charge on any atom is -0.334 e. The topological polar surface area (TPSA) is 77.8 Å². The molecule has 2 aromatic heterocycles. The summed E-state index contributed by atoms with van der Waals surface area (Å²) in [5.74, 6) is 1.16. The average Bonchev–Trinajstić information content (AvgIpc) is 2.90. The van der Waals surface area contributed by atoms with Crippen LogP contribution in [0.2, 0.25) is 0 Å². The van der Waals surface area contributed by atoms with Gasteiger partial charge < -0.3 is 10.3 Å². The maximum absolute atomic E-state index is 6.40. The molecule has 2 N–H and O–H groups in total. The van der Waals surface area contributed by atoms with E-state index in [0.717, 1.165) is 36.9 Å². The van der Waals surface area contributed by atoms with Crippen LogP contribution >= 0.6 is 0 Å². The first-order valence-corrected chi connectivity index (χ1v) is 6.73. The van der Waals surface area contributed by atoms with Gasteiger partial charge in [-0.1, -0.05) is 24.4 Å². The SMILES string of the molecule is Cc1cc(-c2nc(C3(N)CCCCC3)no2)ccn1. The van der Waals surface area contributed by atoms with Crippen LogP contribution in [0, 0.1) is 6.92 Å². The third kappa shape index (κ3) is 2.38. The van der Waals surface area contributed by atoms with Crippen molar-refractivity contribution in [1.82, 2.24) is 15.1 Å². The van der Waals surface area contributed by atoms with Gasteiger partial charge in [0.1, 0.15) is 0 Å². The lowest BCUT2D eigenvalue weighted by Crippen LogP contribution is -2.39. The summed E-state index contributed by atoms with van der Waals surface area (Å²) in [5.41, 5.74) is 7.81. The molecule has 0 atom stereocenters. The summed E-state index contributed by atoms with van der Waals surface area (Å²) in [7, 11) is 0. The van der Waals surface area contributed by atoms with E-state index in [-0.39, 0.29) is 0 Å². The largest absolute Gasteiger partial charge is 0.334 e. The van der Waals surface area contributed by atoms with Gasteiger partial charge in [-0.15, -0.1) is 0 Å². The van der Waals surface area contributed by atoms with E-state index in [9.17, 15) is 0 Å². The Morgan fingerprint density at radius 1 is 1.26 bits per heavy atom. The lowest BCUT2D eigenvalue weighted by Gasteiger charge is -2.29. The van der Waals surface area contributed by atoms with Gasteiger partial charge in [0.05, 0.1) is 5.54 Å². The maximum atomic E-state index is 6.40. The van der Waals surface area contributed by atoms with E-state index in [1.54, 1.807) is 6.20 Å². The predicted octanol–water partition coefficient (Wildman–Crippen LogP) is 2.56. The monoisotopic (exact) mass is 258 g/mol. The zero-order valence-electron chi connectivity index (χ0n) is 11.1. The summed E-state index contributed by atoms with van der Waals surface area (Å²) < 4.78 is 5.36. The van der Waals surface area contributed by atoms with Crippen LogP contribution in [0.5, 0.6) is 0 Å². The molecular weight excluding hydrogens is 240 g/mol. The lowest BCUT2D eigenvalue weighted by molar-refractivity contribution is 0.275. The molecule has 1 aliphatic carbocycles. The second-order valence-corrected chi connectivity index (χ2v) is 5.33. The minimum atomic E-state index is -0.415. The fourth-order valence-corrected chi connectivity index (χ4v) is 2.63. The van der Waals surface area contributed by atoms with Crippen LogP contribution in [0.3, 0.4) is 0 Å². The molecule has 5 heteroatoms. The molecule has 1 aliphatic rings. The second kappa shape index (κ2) is 4.74. The van der Waals surface area contributed by atoms with Gasteiger partial charge in [-0.2, -0.15) is 4.98 Å². The summed E-state index contributed by atoms with van der Waals surface area (Å²) in [5, 5.41) is 4.09. The molecule has 0 aromatic carbocycles. The van der Waals surface area contributed by atoms with Crippen LogP contribution in [0.4, 0.5) is 0 Å². The number of pyridine rings is 1. The molecule has 0 spiro atoms. The smallest absolute Gasteiger partial charge is 0.258 e. The van der Waals surface area contributed by atoms with Crippen molar-refractivity contribution in [2.75, 3.05) is 0 Å². The van der Waals surface area contributed by atoms with E-state index in [1.807, 2.05) is 19.1 Å². The summed E-state index contributed by atoms with van der Waals surface area (Å²) in [6, 6.07) is 3.80. The standard InChI is InChI=1S/C14H18N4O/c1-10-9-11(5-8-16-10)12-17-13(18-19-12)14(15)6-3-2-4-7-14/h5,8-9H,2-4,6-7,15H2,1H3. The first kappa shape index (κ1) is 12.3. The molecule has 0 bridgehead atoms. The van der Waals surface area contributed by atoms with Gasteiger partial charge in [0.2, 0.25) is 0 Å². The first-order valence-electron chi connectivity index (χ1n) is 6.73. The number of hydrogen-bond acceptors (Lipinski definition) is 5. The van der Waals surface area contributed by atoms with E-state index >= 15 is 0 Å². The highest BCUT2D eigenvalue weighted by atomic mass is 16.5. The van der Waals surface area contributed by atoms with Crippen molar-refractivity contribution in [3.05, 3.63) is 29.8 Å². The number of nitrogens with zero attached hydrogens (tertiary/aromatic N) is 3. The third-order valence-electron chi connectivity index (χ3n) is 3.76. The summed E-state index contributed by atoms with van der Waals surface area (Å²) in [4.78, 5) is 8.65. The molecule has 0 saturated heterocycles. The Bertz CT molecular complexity index is 572. The van der Waals surface area contributed by atoms with Crippen LogP contribution in [0.1, 0.15) is 43.6 Å². The summed E-state index contributed by atoms with van der Waals surface area (Å²) in [6.45, 7) is 1.94. The van der Waals surface area contributed by atoms with Gasteiger partial charge in [0.25, 0.3) is 5.89 Å². The molecule has 5 nitrogen and oxygen atoms in total. The van der Waals surface area contributed by atoms with Gasteiger partial charge >= 0.3 is 0 Å². The van der Waals surface area contributed by atoms with Crippen LogP contribution in [0.15, 0.2) is 22.9 Å². The van der Waals surface area contributed by atoms with E-state index in [2.05, 4.69) is 15.1 Å². The van der Waals surface area contributed by atoms with Gasteiger partial charge in [-0.25, -0.2) is 0 Å². The Kier molecular flexibility index (Phi) is 3.06. The Balaban J connectivity index is 1.91. The zero-order valence-corrected chi connectivity index (χ0v) is 11.1. The zero-order chi connectivity index (χ0) is 13.3. The van der Waals surface area contributed by atoms with Crippen LogP contribution < -0.4 is 5.73 Å². The molecule has 0 unspecified atom stereocenters. The van der Waals surface area contributed by atoms with Crippen molar-refractivity contribution in [1.29, 1.82) is 0 Å². The number of hydrogen-bond donors (Lipinski definition) is 1. The molecule has 2 heterocycles. The fraction of sp³-hybridized carbons (Fsp3) is 0.500. The molecule has 3 rings (SSSR count). The molecule has 2 aromatic rings. The Labute approximate surface area is 112 Å². The van der Waals surface area contributed by atoms with Gasteiger partial charge in [0, 0.05) is 17.5 Å². The molecule has 0 aliphatic heterocycles. The van der Waals surface area contributed by atoms with Crippen molar-refractivity contribution in [3.8, 4) is 11.5 Å². The third-order valence-corrected chi connectivity index (χ3v) is 3.76. The number of aryl methyl sites for hydroxylation is 1. The van der Waals surface area contributed by atoms with E-state index in [4.69, 9.17) is 10.3 Å². The second-order valence-electron chi connectivity index (χ2n) is 5.33. The van der Waals surface area contributed by atoms with E-state index in [1.165, 1.54) is 6.42 Å². The number of rotatable bonds is 2. The summed E-state index contributed by atoms with van der Waals surface area (Å²) >= 11 is 0. The molecule has 1 saturated carbocycles. The highest BCUT2D eigenvalue weighted by molar-refractivity contribution is 5.52. The molecule has 100 valence electrons. The highest BCUT2D eigenvalue weighted by Gasteiger charge is 2.34. The van der Waals surface area contributed by atoms with Crippen LogP contribution in [0.25, 0.3) is 11.5 Å². The molecular formula is C14H18N4O. The lowest BCUT2D eigenvalue weighted by atomic mass is 9.82. The highest BCUT2D eigenvalue weighted by Crippen LogP contribution is 2.33. The van der Waals surface area contributed by atoms with Gasteiger partial charge in [-0.05, 0) is 31.9 Å². The Hall–Kier alpha value is -1.75. The quantitative estimate of drug-likeness (QED) is 0.895. The molecule has 0 amide bonds. The number of aromatic nitrogens is 3. The molecule has 1 fully saturated rings. The minimum absolute atomic E-state index is 0.415. The normalized spacial score (nSPS) is 18.4.